The maximum Gasteiger partial charge on any atom is 0.240 e. The maximum absolute atomic E-state index is 12.0. The van der Waals surface area contributed by atoms with Gasteiger partial charge in [0.15, 0.2) is 0 Å². The van der Waals surface area contributed by atoms with E-state index >= 15 is 0 Å². The molecule has 19 heavy (non-hydrogen) atoms. The highest BCUT2D eigenvalue weighted by atomic mass is 32.2. The lowest BCUT2D eigenvalue weighted by atomic mass is 10.1. The lowest BCUT2D eigenvalue weighted by Gasteiger charge is -2.07. The second kappa shape index (κ2) is 5.97. The largest absolute Gasteiger partial charge is 0.326 e. The van der Waals surface area contributed by atoms with Crippen molar-refractivity contribution in [2.75, 3.05) is 0 Å². The third-order valence-electron chi connectivity index (χ3n) is 2.75. The van der Waals surface area contributed by atoms with Crippen molar-refractivity contribution in [1.29, 1.82) is 0 Å². The van der Waals surface area contributed by atoms with Crippen LogP contribution >= 0.6 is 0 Å². The minimum Gasteiger partial charge on any atom is -0.326 e. The molecule has 0 aliphatic heterocycles. The smallest absolute Gasteiger partial charge is 0.240 e. The Labute approximate surface area is 113 Å². The predicted molar refractivity (Wildman–Crippen MR) is 74.8 cm³/mol. The Morgan fingerprint density at radius 3 is 2.32 bits per heavy atom. The molecule has 5 heteroatoms. The first-order chi connectivity index (χ1) is 9.12. The number of hydrogen-bond donors (Lipinski definition) is 2. The van der Waals surface area contributed by atoms with E-state index in [1.165, 1.54) is 0 Å². The van der Waals surface area contributed by atoms with E-state index in [1.807, 2.05) is 24.3 Å². The van der Waals surface area contributed by atoms with Gasteiger partial charge in [-0.1, -0.05) is 42.5 Å². The van der Waals surface area contributed by atoms with Gasteiger partial charge >= 0.3 is 0 Å². The second-order valence-corrected chi connectivity index (χ2v) is 5.93. The van der Waals surface area contributed by atoms with Gasteiger partial charge in [-0.2, -0.15) is 0 Å². The average Bonchev–Trinajstić information content (AvgIpc) is 2.46. The monoisotopic (exact) mass is 276 g/mol. The third-order valence-corrected chi connectivity index (χ3v) is 4.16. The van der Waals surface area contributed by atoms with Gasteiger partial charge in [-0.25, -0.2) is 13.1 Å². The molecule has 3 N–H and O–H groups in total. The van der Waals surface area contributed by atoms with Gasteiger partial charge < -0.3 is 5.73 Å². The Kier molecular flexibility index (Phi) is 4.31. The van der Waals surface area contributed by atoms with E-state index in [0.29, 0.717) is 6.54 Å². The molecule has 0 saturated heterocycles. The van der Waals surface area contributed by atoms with E-state index < -0.39 is 10.0 Å². The van der Waals surface area contributed by atoms with Crippen LogP contribution in [0.15, 0.2) is 59.5 Å². The van der Waals surface area contributed by atoms with Crippen molar-refractivity contribution in [3.8, 4) is 0 Å². The number of hydrogen-bond acceptors (Lipinski definition) is 3. The van der Waals surface area contributed by atoms with Crippen molar-refractivity contribution in [2.24, 2.45) is 5.73 Å². The molecule has 0 radical (unpaired) electrons. The second-order valence-electron chi connectivity index (χ2n) is 4.16. The van der Waals surface area contributed by atoms with E-state index in [2.05, 4.69) is 4.72 Å². The van der Waals surface area contributed by atoms with Gasteiger partial charge in [-0.15, -0.1) is 0 Å². The summed E-state index contributed by atoms with van der Waals surface area (Å²) >= 11 is 0. The molecule has 0 unspecified atom stereocenters. The molecule has 0 amide bonds. The van der Waals surface area contributed by atoms with Crippen LogP contribution in [-0.2, 0) is 23.1 Å². The molecule has 0 aromatic heterocycles. The fourth-order valence-electron chi connectivity index (χ4n) is 1.73. The molecule has 0 bridgehead atoms. The van der Waals surface area contributed by atoms with Crippen molar-refractivity contribution in [2.45, 2.75) is 18.0 Å². The van der Waals surface area contributed by atoms with Crippen LogP contribution in [0.25, 0.3) is 0 Å². The van der Waals surface area contributed by atoms with E-state index in [1.54, 1.807) is 30.3 Å². The van der Waals surface area contributed by atoms with Crippen LogP contribution in [0, 0.1) is 0 Å². The summed E-state index contributed by atoms with van der Waals surface area (Å²) in [5.74, 6) is 0. The van der Waals surface area contributed by atoms with Gasteiger partial charge in [-0.05, 0) is 23.3 Å². The minimum absolute atomic E-state index is 0.255. The van der Waals surface area contributed by atoms with Gasteiger partial charge in [0.25, 0.3) is 0 Å². The molecule has 0 saturated carbocycles. The minimum atomic E-state index is -3.46. The highest BCUT2D eigenvalue weighted by Crippen LogP contribution is 2.09. The average molecular weight is 276 g/mol. The molecule has 0 spiro atoms. The standard InChI is InChI=1S/C14H16N2O2S/c15-10-12-5-4-6-13(9-12)11-16-19(17,18)14-7-2-1-3-8-14/h1-9,16H,10-11,15H2. The quantitative estimate of drug-likeness (QED) is 0.871. The zero-order valence-electron chi connectivity index (χ0n) is 10.4. The van der Waals surface area contributed by atoms with E-state index in [9.17, 15) is 8.42 Å². The van der Waals surface area contributed by atoms with Crippen LogP contribution in [0.5, 0.6) is 0 Å². The lowest BCUT2D eigenvalue weighted by Crippen LogP contribution is -2.23. The Morgan fingerprint density at radius 1 is 0.947 bits per heavy atom. The number of nitrogens with one attached hydrogen (secondary N) is 1. The summed E-state index contributed by atoms with van der Waals surface area (Å²) in [7, 11) is -3.46. The summed E-state index contributed by atoms with van der Waals surface area (Å²) < 4.78 is 26.6. The van der Waals surface area contributed by atoms with Crippen molar-refractivity contribution in [3.05, 3.63) is 65.7 Å². The predicted octanol–water partition coefficient (Wildman–Crippen LogP) is 1.62. The summed E-state index contributed by atoms with van der Waals surface area (Å²) in [6, 6.07) is 15.9. The molecule has 2 aromatic carbocycles. The molecular formula is C14H16N2O2S. The van der Waals surface area contributed by atoms with Crippen LogP contribution < -0.4 is 10.5 Å². The maximum atomic E-state index is 12.0. The van der Waals surface area contributed by atoms with Gasteiger partial charge in [0.05, 0.1) is 4.90 Å². The van der Waals surface area contributed by atoms with Crippen LogP contribution in [0.3, 0.4) is 0 Å². The first-order valence-corrected chi connectivity index (χ1v) is 7.43. The van der Waals surface area contributed by atoms with Crippen LogP contribution in [-0.4, -0.2) is 8.42 Å². The van der Waals surface area contributed by atoms with Gasteiger partial charge in [0, 0.05) is 13.1 Å². The van der Waals surface area contributed by atoms with Gasteiger partial charge in [-0.3, -0.25) is 0 Å². The Bertz CT molecular complexity index is 640. The molecule has 2 rings (SSSR count). The zero-order valence-corrected chi connectivity index (χ0v) is 11.2. The number of rotatable bonds is 5. The molecule has 0 fully saturated rings. The normalized spacial score (nSPS) is 11.4. The first kappa shape index (κ1) is 13.7. The molecule has 2 aromatic rings. The summed E-state index contributed by atoms with van der Waals surface area (Å²) in [5.41, 5.74) is 7.43. The fraction of sp³-hybridized carbons (Fsp3) is 0.143. The van der Waals surface area contributed by atoms with Crippen LogP contribution in [0.4, 0.5) is 0 Å². The number of benzene rings is 2. The molecule has 4 nitrogen and oxygen atoms in total. The summed E-state index contributed by atoms with van der Waals surface area (Å²) in [6.07, 6.45) is 0. The van der Waals surface area contributed by atoms with Crippen molar-refractivity contribution < 1.29 is 8.42 Å². The molecule has 100 valence electrons. The Hall–Kier alpha value is -1.69. The molecular weight excluding hydrogens is 260 g/mol. The van der Waals surface area contributed by atoms with Crippen molar-refractivity contribution in [3.63, 3.8) is 0 Å². The van der Waals surface area contributed by atoms with Gasteiger partial charge in [0.1, 0.15) is 0 Å². The lowest BCUT2D eigenvalue weighted by molar-refractivity contribution is 0.581. The van der Waals surface area contributed by atoms with Crippen molar-refractivity contribution in [1.82, 2.24) is 4.72 Å². The summed E-state index contributed by atoms with van der Waals surface area (Å²) in [4.78, 5) is 0.268. The Morgan fingerprint density at radius 2 is 1.63 bits per heavy atom. The SMILES string of the molecule is NCc1cccc(CNS(=O)(=O)c2ccccc2)c1. The summed E-state index contributed by atoms with van der Waals surface area (Å²) in [5, 5.41) is 0. The number of nitrogens with two attached hydrogens (primary N) is 1. The van der Waals surface area contributed by atoms with Crippen molar-refractivity contribution >= 4 is 10.0 Å². The third kappa shape index (κ3) is 3.64. The van der Waals surface area contributed by atoms with E-state index in [4.69, 9.17) is 5.73 Å². The fourth-order valence-corrected chi connectivity index (χ4v) is 2.77. The highest BCUT2D eigenvalue weighted by molar-refractivity contribution is 7.89. The zero-order chi connectivity index (χ0) is 13.7. The van der Waals surface area contributed by atoms with Gasteiger partial charge in [0.2, 0.25) is 10.0 Å². The van der Waals surface area contributed by atoms with E-state index in [0.717, 1.165) is 11.1 Å². The van der Waals surface area contributed by atoms with E-state index in [-0.39, 0.29) is 11.4 Å². The number of sulfonamides is 1. The Balaban J connectivity index is 2.10. The van der Waals surface area contributed by atoms with Crippen LogP contribution in [0.1, 0.15) is 11.1 Å². The highest BCUT2D eigenvalue weighted by Gasteiger charge is 2.12. The molecule has 0 aliphatic rings. The molecule has 0 heterocycles. The molecule has 0 atom stereocenters. The first-order valence-electron chi connectivity index (χ1n) is 5.94. The topological polar surface area (TPSA) is 72.2 Å². The van der Waals surface area contributed by atoms with Crippen LogP contribution in [0.2, 0.25) is 0 Å². The molecule has 0 aliphatic carbocycles. The summed E-state index contributed by atoms with van der Waals surface area (Å²) in [6.45, 7) is 0.699.